The number of fused-ring (bicyclic) bond motifs is 1. The number of carbonyl (C=O) groups excluding carboxylic acids is 1. The van der Waals surface area contributed by atoms with Crippen LogP contribution in [0.15, 0.2) is 66.9 Å². The highest BCUT2D eigenvalue weighted by atomic mass is 16.6. The second-order valence-corrected chi connectivity index (χ2v) is 8.50. The molecule has 8 heteroatoms. The van der Waals surface area contributed by atoms with E-state index in [9.17, 15) is 10.0 Å². The zero-order chi connectivity index (χ0) is 22.9. The van der Waals surface area contributed by atoms with Crippen LogP contribution in [0.1, 0.15) is 18.2 Å². The predicted octanol–water partition coefficient (Wildman–Crippen LogP) is 2.14. The number of nitrogens with zero attached hydrogens (tertiary/aromatic N) is 5. The Morgan fingerprint density at radius 1 is 0.939 bits per heavy atom. The molecule has 3 aromatic rings. The van der Waals surface area contributed by atoms with Crippen molar-refractivity contribution >= 4 is 23.0 Å². The summed E-state index contributed by atoms with van der Waals surface area (Å²) in [5.41, 5.74) is 4.78. The van der Waals surface area contributed by atoms with Crippen molar-refractivity contribution in [3.8, 4) is 5.69 Å². The molecule has 1 fully saturated rings. The number of nitrogens with one attached hydrogen (secondary N) is 1. The third-order valence-corrected chi connectivity index (χ3v) is 6.38. The molecule has 0 radical (unpaired) electrons. The zero-order valence-electron chi connectivity index (χ0n) is 18.9. The fraction of sp³-hybridized carbons (Fsp3) is 0.280. The van der Waals surface area contributed by atoms with E-state index in [4.69, 9.17) is 0 Å². The number of piperazine rings is 1. The quantitative estimate of drug-likeness (QED) is 0.625. The van der Waals surface area contributed by atoms with Crippen LogP contribution >= 0.6 is 0 Å². The number of hydrogen-bond acceptors (Lipinski definition) is 5. The van der Waals surface area contributed by atoms with Crippen molar-refractivity contribution in [1.29, 1.82) is 0 Å². The average molecular weight is 445 g/mol. The molecule has 8 nitrogen and oxygen atoms in total. The smallest absolute Gasteiger partial charge is 0.277 e. The highest BCUT2D eigenvalue weighted by molar-refractivity contribution is 5.79. The molecule has 0 aliphatic carbocycles. The Morgan fingerprint density at radius 2 is 1.55 bits per heavy atom. The first-order valence-corrected chi connectivity index (χ1v) is 11.3. The minimum atomic E-state index is -0.232. The average Bonchev–Trinajstić information content (AvgIpc) is 3.21. The molecule has 3 heterocycles. The molecule has 1 aromatic heterocycles. The van der Waals surface area contributed by atoms with Crippen molar-refractivity contribution in [3.05, 3.63) is 83.3 Å². The van der Waals surface area contributed by atoms with E-state index in [1.54, 1.807) is 10.9 Å². The predicted molar refractivity (Wildman–Crippen MR) is 128 cm³/mol. The number of amides is 1. The molecule has 1 unspecified atom stereocenters. The van der Waals surface area contributed by atoms with Gasteiger partial charge in [-0.05, 0) is 43.7 Å². The first kappa shape index (κ1) is 21.2. The maximum absolute atomic E-state index is 13.2. The number of para-hydroxylation sites is 2. The first-order chi connectivity index (χ1) is 16.0. The highest BCUT2D eigenvalue weighted by Gasteiger charge is 2.32. The van der Waals surface area contributed by atoms with Crippen LogP contribution in [0.25, 0.3) is 11.3 Å². The van der Waals surface area contributed by atoms with Gasteiger partial charge in [0.25, 0.3) is 5.82 Å². The van der Waals surface area contributed by atoms with Gasteiger partial charge in [0, 0.05) is 31.9 Å². The van der Waals surface area contributed by atoms with Gasteiger partial charge in [0.15, 0.2) is 0 Å². The minimum Gasteiger partial charge on any atom is -0.601 e. The number of benzene rings is 2. The number of quaternary nitrogens is 1. The Morgan fingerprint density at radius 3 is 2.18 bits per heavy atom. The maximum atomic E-state index is 13.2. The monoisotopic (exact) mass is 444 g/mol. The molecular weight excluding hydrogens is 416 g/mol. The van der Waals surface area contributed by atoms with Crippen LogP contribution in [0.2, 0.25) is 0 Å². The number of aromatic nitrogens is 2. The third kappa shape index (κ3) is 3.99. The normalized spacial score (nSPS) is 18.2. The molecule has 0 bridgehead atoms. The standard InChI is InChI=1S/C25H28N6O2/c1-19-17-29(18-23(32)28-15-13-27(14-16-28)21-9-5-3-6-10-21)31(33)25-24(19)20(2)30(26-25)22-11-7-4-8-12-22/h3-12,17,31H,13-16,18H2,1-2H3. The van der Waals surface area contributed by atoms with Gasteiger partial charge in [0.1, 0.15) is 6.54 Å². The molecular formula is C25H28N6O2. The largest absolute Gasteiger partial charge is 0.601 e. The highest BCUT2D eigenvalue weighted by Crippen LogP contribution is 2.29. The van der Waals surface area contributed by atoms with Gasteiger partial charge < -0.3 is 15.0 Å². The van der Waals surface area contributed by atoms with Crippen LogP contribution in [0.4, 0.5) is 11.5 Å². The topological polar surface area (TPSA) is 72.1 Å². The number of carbonyl (C=O) groups is 1. The zero-order valence-corrected chi connectivity index (χ0v) is 18.9. The van der Waals surface area contributed by atoms with E-state index in [2.05, 4.69) is 22.1 Å². The summed E-state index contributed by atoms with van der Waals surface area (Å²) in [6, 6.07) is 20.0. The molecule has 2 aliphatic rings. The van der Waals surface area contributed by atoms with Crippen molar-refractivity contribution in [2.24, 2.45) is 0 Å². The lowest BCUT2D eigenvalue weighted by atomic mass is 10.1. The van der Waals surface area contributed by atoms with Gasteiger partial charge in [-0.3, -0.25) is 4.79 Å². The number of allylic oxidation sites excluding steroid dienone is 1. The van der Waals surface area contributed by atoms with Crippen LogP contribution in [-0.4, -0.2) is 58.3 Å². The number of rotatable bonds is 4. The fourth-order valence-corrected chi connectivity index (χ4v) is 4.65. The molecule has 5 rings (SSSR count). The van der Waals surface area contributed by atoms with E-state index in [-0.39, 0.29) is 17.6 Å². The van der Waals surface area contributed by atoms with Crippen LogP contribution in [0.5, 0.6) is 0 Å². The molecule has 170 valence electrons. The Kier molecular flexibility index (Phi) is 5.62. The summed E-state index contributed by atoms with van der Waals surface area (Å²) >= 11 is 0. The van der Waals surface area contributed by atoms with Crippen molar-refractivity contribution in [2.75, 3.05) is 37.6 Å². The SMILES string of the molecule is CC1=CN(CC(=O)N2CCN(c3ccccc3)CC2)[NH+]([O-])c2nn(-c3ccccc3)c(C)c21. The second kappa shape index (κ2) is 8.73. The molecule has 0 saturated carbocycles. The van der Waals surface area contributed by atoms with E-state index >= 15 is 0 Å². The van der Waals surface area contributed by atoms with Gasteiger partial charge in [-0.2, -0.15) is 0 Å². The maximum Gasteiger partial charge on any atom is 0.277 e. The lowest BCUT2D eigenvalue weighted by molar-refractivity contribution is -0.903. The van der Waals surface area contributed by atoms with Crippen molar-refractivity contribution < 1.29 is 9.97 Å². The summed E-state index contributed by atoms with van der Waals surface area (Å²) < 4.78 is 1.80. The van der Waals surface area contributed by atoms with Crippen molar-refractivity contribution in [1.82, 2.24) is 19.7 Å². The van der Waals surface area contributed by atoms with Crippen LogP contribution < -0.4 is 10.1 Å². The Bertz CT molecular complexity index is 1170. The van der Waals surface area contributed by atoms with E-state index in [1.807, 2.05) is 67.3 Å². The first-order valence-electron chi connectivity index (χ1n) is 11.3. The summed E-state index contributed by atoms with van der Waals surface area (Å²) in [7, 11) is 0. The Labute approximate surface area is 193 Å². The molecule has 0 spiro atoms. The van der Waals surface area contributed by atoms with Crippen LogP contribution in [0.3, 0.4) is 0 Å². The van der Waals surface area contributed by atoms with Gasteiger partial charge in [0.2, 0.25) is 5.91 Å². The fourth-order valence-electron chi connectivity index (χ4n) is 4.65. The van der Waals surface area contributed by atoms with Crippen molar-refractivity contribution in [2.45, 2.75) is 13.8 Å². The van der Waals surface area contributed by atoms with Gasteiger partial charge in [-0.15, -0.1) is 5.10 Å². The molecule has 33 heavy (non-hydrogen) atoms. The van der Waals surface area contributed by atoms with E-state index in [0.717, 1.165) is 35.6 Å². The molecule has 1 atom stereocenters. The summed E-state index contributed by atoms with van der Waals surface area (Å²) in [5.74, 6) is 0.362. The van der Waals surface area contributed by atoms with Gasteiger partial charge in [-0.25, -0.2) is 14.9 Å². The van der Waals surface area contributed by atoms with Gasteiger partial charge in [-0.1, -0.05) is 36.4 Å². The van der Waals surface area contributed by atoms with E-state index in [0.29, 0.717) is 18.9 Å². The molecule has 2 aromatic carbocycles. The molecule has 1 saturated heterocycles. The summed E-state index contributed by atoms with van der Waals surface area (Å²) in [6.45, 7) is 6.81. The van der Waals surface area contributed by atoms with Crippen LogP contribution in [-0.2, 0) is 4.79 Å². The molecule has 1 N–H and O–H groups in total. The second-order valence-electron chi connectivity index (χ2n) is 8.50. The summed E-state index contributed by atoms with van der Waals surface area (Å²) in [5, 5.41) is 19.1. The van der Waals surface area contributed by atoms with Crippen molar-refractivity contribution in [3.63, 3.8) is 0 Å². The van der Waals surface area contributed by atoms with Crippen LogP contribution in [0, 0.1) is 12.1 Å². The summed E-state index contributed by atoms with van der Waals surface area (Å²) in [6.07, 6.45) is 1.78. The lowest BCUT2D eigenvalue weighted by Crippen LogP contribution is -3.09. The summed E-state index contributed by atoms with van der Waals surface area (Å²) in [4.78, 5) is 17.2. The molecule has 2 aliphatic heterocycles. The van der Waals surface area contributed by atoms with Gasteiger partial charge >= 0.3 is 0 Å². The Balaban J connectivity index is 1.28. The number of anilines is 1. The van der Waals surface area contributed by atoms with Gasteiger partial charge in [0.05, 0.1) is 23.1 Å². The van der Waals surface area contributed by atoms with E-state index < -0.39 is 0 Å². The Hall–Kier alpha value is -3.62. The lowest BCUT2D eigenvalue weighted by Gasteiger charge is -2.38. The minimum absolute atomic E-state index is 0.0260. The number of hydrogen-bond donors (Lipinski definition) is 1. The third-order valence-electron chi connectivity index (χ3n) is 6.38. The van der Waals surface area contributed by atoms with E-state index in [1.165, 1.54) is 10.7 Å². The molecule has 1 amide bonds.